The van der Waals surface area contributed by atoms with Crippen LogP contribution in [0.3, 0.4) is 0 Å². The van der Waals surface area contributed by atoms with Crippen LogP contribution in [0.15, 0.2) is 27.4 Å². The van der Waals surface area contributed by atoms with E-state index in [-0.39, 0.29) is 22.7 Å². The van der Waals surface area contributed by atoms with Gasteiger partial charge in [-0.15, -0.1) is 0 Å². The van der Waals surface area contributed by atoms with E-state index < -0.39 is 5.63 Å². The lowest BCUT2D eigenvalue weighted by molar-refractivity contribution is 0.101. The molecule has 0 aliphatic heterocycles. The number of phenols is 1. The number of hydrogen-bond acceptors (Lipinski definition) is 4. The van der Waals surface area contributed by atoms with Gasteiger partial charge in [0, 0.05) is 11.5 Å². The minimum Gasteiger partial charge on any atom is -0.507 e. The van der Waals surface area contributed by atoms with Crippen LogP contribution in [0.4, 0.5) is 0 Å². The second-order valence-electron chi connectivity index (χ2n) is 3.64. The average Bonchev–Trinajstić information content (AvgIpc) is 2.15. The Hall–Kier alpha value is -2.10. The van der Waals surface area contributed by atoms with E-state index in [1.54, 1.807) is 13.0 Å². The maximum Gasteiger partial charge on any atom is 0.336 e. The highest BCUT2D eigenvalue weighted by Gasteiger charge is 2.15. The Morgan fingerprint density at radius 3 is 2.69 bits per heavy atom. The van der Waals surface area contributed by atoms with E-state index in [1.807, 2.05) is 0 Å². The Morgan fingerprint density at radius 1 is 1.38 bits per heavy atom. The maximum absolute atomic E-state index is 11.4. The molecule has 0 aliphatic carbocycles. The molecule has 2 aromatic rings. The van der Waals surface area contributed by atoms with Gasteiger partial charge in [-0.1, -0.05) is 0 Å². The molecule has 0 spiro atoms. The summed E-state index contributed by atoms with van der Waals surface area (Å²) in [6.45, 7) is 3.09. The van der Waals surface area contributed by atoms with E-state index in [1.165, 1.54) is 19.1 Å². The summed E-state index contributed by atoms with van der Waals surface area (Å²) in [6.07, 6.45) is 0. The van der Waals surface area contributed by atoms with Gasteiger partial charge in [0.15, 0.2) is 11.4 Å². The molecular formula is C12H10O4. The number of aromatic hydroxyl groups is 1. The van der Waals surface area contributed by atoms with Crippen LogP contribution in [0, 0.1) is 6.92 Å². The van der Waals surface area contributed by atoms with Crippen molar-refractivity contribution in [2.75, 3.05) is 0 Å². The van der Waals surface area contributed by atoms with Crippen LogP contribution in [0.2, 0.25) is 0 Å². The van der Waals surface area contributed by atoms with Crippen molar-refractivity contribution in [3.05, 3.63) is 39.7 Å². The second-order valence-corrected chi connectivity index (χ2v) is 3.64. The van der Waals surface area contributed by atoms with Crippen molar-refractivity contribution in [3.8, 4) is 5.75 Å². The highest BCUT2D eigenvalue weighted by molar-refractivity contribution is 6.07. The van der Waals surface area contributed by atoms with Crippen LogP contribution in [-0.4, -0.2) is 10.9 Å². The van der Waals surface area contributed by atoms with Gasteiger partial charge in [-0.05, 0) is 31.5 Å². The molecule has 1 heterocycles. The Labute approximate surface area is 91.1 Å². The molecule has 4 nitrogen and oxygen atoms in total. The van der Waals surface area contributed by atoms with Crippen molar-refractivity contribution < 1.29 is 14.3 Å². The van der Waals surface area contributed by atoms with Crippen LogP contribution < -0.4 is 5.63 Å². The van der Waals surface area contributed by atoms with E-state index in [2.05, 4.69) is 0 Å². The minimum atomic E-state index is -0.542. The van der Waals surface area contributed by atoms with Gasteiger partial charge in [-0.2, -0.15) is 0 Å². The van der Waals surface area contributed by atoms with Gasteiger partial charge < -0.3 is 9.52 Å². The number of ketones is 1. The molecular weight excluding hydrogens is 208 g/mol. The molecule has 16 heavy (non-hydrogen) atoms. The zero-order valence-electron chi connectivity index (χ0n) is 8.90. The molecule has 0 amide bonds. The summed E-state index contributed by atoms with van der Waals surface area (Å²) in [5.41, 5.74) is 0.414. The molecule has 0 saturated heterocycles. The first kappa shape index (κ1) is 10.4. The third-order valence-corrected chi connectivity index (χ3v) is 2.45. The van der Waals surface area contributed by atoms with Crippen molar-refractivity contribution in [2.24, 2.45) is 0 Å². The zero-order valence-corrected chi connectivity index (χ0v) is 8.90. The summed E-state index contributed by atoms with van der Waals surface area (Å²) < 4.78 is 4.98. The van der Waals surface area contributed by atoms with Crippen LogP contribution in [-0.2, 0) is 0 Å². The van der Waals surface area contributed by atoms with Crippen molar-refractivity contribution in [3.63, 3.8) is 0 Å². The fourth-order valence-corrected chi connectivity index (χ4v) is 1.72. The normalized spacial score (nSPS) is 10.6. The first-order valence-corrected chi connectivity index (χ1v) is 4.78. The highest BCUT2D eigenvalue weighted by Crippen LogP contribution is 2.29. The predicted octanol–water partition coefficient (Wildman–Crippen LogP) is 2.01. The molecule has 1 N–H and O–H groups in total. The highest BCUT2D eigenvalue weighted by atomic mass is 16.4. The quantitative estimate of drug-likeness (QED) is 0.587. The van der Waals surface area contributed by atoms with Gasteiger partial charge in [0.05, 0.1) is 0 Å². The Bertz CT molecular complexity index is 637. The van der Waals surface area contributed by atoms with Gasteiger partial charge in [-0.3, -0.25) is 4.79 Å². The van der Waals surface area contributed by atoms with E-state index in [4.69, 9.17) is 4.42 Å². The summed E-state index contributed by atoms with van der Waals surface area (Å²) in [4.78, 5) is 22.5. The zero-order chi connectivity index (χ0) is 11.9. The lowest BCUT2D eigenvalue weighted by atomic mass is 10.0. The van der Waals surface area contributed by atoms with Crippen molar-refractivity contribution in [1.82, 2.24) is 0 Å². The molecule has 0 aliphatic rings. The first-order chi connectivity index (χ1) is 7.50. The fraction of sp³-hybridized carbons (Fsp3) is 0.167. The molecule has 0 atom stereocenters. The summed E-state index contributed by atoms with van der Waals surface area (Å²) in [7, 11) is 0. The lowest BCUT2D eigenvalue weighted by Gasteiger charge is -2.06. The Morgan fingerprint density at radius 2 is 2.06 bits per heavy atom. The number of benzene rings is 1. The monoisotopic (exact) mass is 218 g/mol. The molecule has 0 unspecified atom stereocenters. The molecule has 0 radical (unpaired) electrons. The Balaban J connectivity index is 3.03. The smallest absolute Gasteiger partial charge is 0.336 e. The van der Waals surface area contributed by atoms with Crippen LogP contribution in [0.5, 0.6) is 5.75 Å². The number of rotatable bonds is 1. The number of phenolic OH excluding ortho intramolecular Hbond substituents is 1. The van der Waals surface area contributed by atoms with Crippen LogP contribution >= 0.6 is 0 Å². The lowest BCUT2D eigenvalue weighted by Crippen LogP contribution is -2.01. The molecule has 1 aromatic carbocycles. The third-order valence-electron chi connectivity index (χ3n) is 2.45. The SMILES string of the molecule is CC(=O)c1c(O)cc(C)c2ccc(=O)oc12. The first-order valence-electron chi connectivity index (χ1n) is 4.78. The number of hydrogen-bond donors (Lipinski definition) is 1. The molecule has 1 aromatic heterocycles. The summed E-state index contributed by atoms with van der Waals surface area (Å²) >= 11 is 0. The summed E-state index contributed by atoms with van der Waals surface area (Å²) in [5.74, 6) is -0.497. The third kappa shape index (κ3) is 1.48. The number of aryl methyl sites for hydroxylation is 1. The Kier molecular flexibility index (Phi) is 2.27. The molecule has 0 saturated carbocycles. The van der Waals surface area contributed by atoms with Gasteiger partial charge in [0.25, 0.3) is 0 Å². The van der Waals surface area contributed by atoms with Crippen molar-refractivity contribution >= 4 is 16.8 Å². The average molecular weight is 218 g/mol. The van der Waals surface area contributed by atoms with Gasteiger partial charge in [-0.25, -0.2) is 4.79 Å². The van der Waals surface area contributed by atoms with Crippen molar-refractivity contribution in [1.29, 1.82) is 0 Å². The molecule has 2 rings (SSSR count). The number of carbonyl (C=O) groups is 1. The van der Waals surface area contributed by atoms with Gasteiger partial charge >= 0.3 is 5.63 Å². The molecule has 82 valence electrons. The standard InChI is InChI=1S/C12H10O4/c1-6-5-9(14)11(7(2)13)12-8(6)3-4-10(15)16-12/h3-5,14H,1-2H3. The largest absolute Gasteiger partial charge is 0.507 e. The minimum absolute atomic E-state index is 0.0540. The fourth-order valence-electron chi connectivity index (χ4n) is 1.72. The van der Waals surface area contributed by atoms with Gasteiger partial charge in [0.2, 0.25) is 0 Å². The van der Waals surface area contributed by atoms with E-state index >= 15 is 0 Å². The summed E-state index contributed by atoms with van der Waals surface area (Å²) in [6, 6.07) is 4.36. The second kappa shape index (κ2) is 3.48. The van der Waals surface area contributed by atoms with Crippen LogP contribution in [0.25, 0.3) is 11.0 Å². The number of fused-ring (bicyclic) bond motifs is 1. The van der Waals surface area contributed by atoms with E-state index in [0.29, 0.717) is 5.39 Å². The summed E-state index contributed by atoms with van der Waals surface area (Å²) in [5, 5.41) is 10.3. The number of carbonyl (C=O) groups excluding carboxylic acids is 1. The van der Waals surface area contributed by atoms with E-state index in [9.17, 15) is 14.7 Å². The topological polar surface area (TPSA) is 67.5 Å². The molecule has 0 fully saturated rings. The van der Waals surface area contributed by atoms with E-state index in [0.717, 1.165) is 5.56 Å². The molecule has 4 heteroatoms. The predicted molar refractivity (Wildman–Crippen MR) is 58.9 cm³/mol. The van der Waals surface area contributed by atoms with Crippen molar-refractivity contribution in [2.45, 2.75) is 13.8 Å². The van der Waals surface area contributed by atoms with Gasteiger partial charge in [0.1, 0.15) is 11.3 Å². The number of Topliss-reactive ketones (excluding diaryl/α,β-unsaturated/α-hetero) is 1. The van der Waals surface area contributed by atoms with Crippen LogP contribution in [0.1, 0.15) is 22.8 Å². The maximum atomic E-state index is 11.4. The molecule has 0 bridgehead atoms.